The van der Waals surface area contributed by atoms with Gasteiger partial charge in [-0.3, -0.25) is 0 Å². The minimum Gasteiger partial charge on any atom is -0.0645 e. The zero-order valence-corrected chi connectivity index (χ0v) is 28.3. The van der Waals surface area contributed by atoms with E-state index in [2.05, 4.69) is 114 Å². The van der Waals surface area contributed by atoms with Gasteiger partial charge in [0.05, 0.1) is 0 Å². The molecule has 0 heteroatoms. The molecule has 0 aliphatic rings. The van der Waals surface area contributed by atoms with E-state index < -0.39 is 0 Å². The lowest BCUT2D eigenvalue weighted by molar-refractivity contribution is 0.592. The average molecular weight is 533 g/mol. The van der Waals surface area contributed by atoms with Crippen LogP contribution in [-0.4, -0.2) is 0 Å². The summed E-state index contributed by atoms with van der Waals surface area (Å²) in [6.07, 6.45) is 8.22. The number of rotatable bonds is 15. The summed E-state index contributed by atoms with van der Waals surface area (Å²) in [5.74, 6) is 4.45. The first-order chi connectivity index (χ1) is 18.2. The van der Waals surface area contributed by atoms with E-state index in [0.29, 0.717) is 41.4 Å². The van der Waals surface area contributed by atoms with E-state index in [9.17, 15) is 0 Å². The molecule has 2 aromatic carbocycles. The van der Waals surface area contributed by atoms with Gasteiger partial charge in [-0.1, -0.05) is 114 Å². The van der Waals surface area contributed by atoms with E-state index in [1.165, 1.54) is 38.5 Å². The van der Waals surface area contributed by atoms with Crippen molar-refractivity contribution in [2.45, 2.75) is 141 Å². The Morgan fingerprint density at radius 2 is 0.718 bits per heavy atom. The summed E-state index contributed by atoms with van der Waals surface area (Å²) in [7, 11) is 0. The summed E-state index contributed by atoms with van der Waals surface area (Å²) in [4.78, 5) is 0. The molecule has 39 heavy (non-hydrogen) atoms. The van der Waals surface area contributed by atoms with Crippen LogP contribution >= 0.6 is 0 Å². The first kappa shape index (κ1) is 33.6. The molecule has 0 nitrogen and oxygen atoms in total. The van der Waals surface area contributed by atoms with E-state index >= 15 is 0 Å². The molecule has 2 rings (SSSR count). The number of hydrogen-bond donors (Lipinski definition) is 0. The average Bonchev–Trinajstić information content (AvgIpc) is 2.76. The van der Waals surface area contributed by atoms with Crippen molar-refractivity contribution in [1.82, 2.24) is 0 Å². The minimum absolute atomic E-state index is 0.462. The highest BCUT2D eigenvalue weighted by atomic mass is 14.3. The summed E-state index contributed by atoms with van der Waals surface area (Å²) in [6, 6.07) is 10.5. The van der Waals surface area contributed by atoms with E-state index in [4.69, 9.17) is 0 Å². The third-order valence-electron chi connectivity index (χ3n) is 7.80. The second kappa shape index (κ2) is 15.4. The quantitative estimate of drug-likeness (QED) is 0.214. The van der Waals surface area contributed by atoms with Crippen molar-refractivity contribution in [3.8, 4) is 0 Å². The van der Waals surface area contributed by atoms with E-state index in [1.54, 1.807) is 44.5 Å². The highest BCUT2D eigenvalue weighted by Crippen LogP contribution is 2.39. The molecule has 0 aromatic heterocycles. The van der Waals surface area contributed by atoms with Crippen molar-refractivity contribution in [2.24, 2.45) is 35.5 Å². The summed E-state index contributed by atoms with van der Waals surface area (Å²) < 4.78 is 0. The van der Waals surface area contributed by atoms with Gasteiger partial charge in [-0.25, -0.2) is 0 Å². The molecule has 0 spiro atoms. The third-order valence-corrected chi connectivity index (χ3v) is 7.80. The molecule has 0 atom stereocenters. The van der Waals surface area contributed by atoms with Crippen LogP contribution in [0, 0.1) is 35.5 Å². The maximum absolute atomic E-state index is 2.64. The molecule has 0 amide bonds. The smallest absolute Gasteiger partial charge is 0.00925 e. The molecule has 220 valence electrons. The molecule has 0 aliphatic carbocycles. The molecule has 0 heterocycles. The van der Waals surface area contributed by atoms with Gasteiger partial charge in [0.2, 0.25) is 0 Å². The molecule has 2 aromatic rings. The van der Waals surface area contributed by atoms with Gasteiger partial charge in [0, 0.05) is 5.92 Å². The van der Waals surface area contributed by atoms with Gasteiger partial charge >= 0.3 is 0 Å². The summed E-state index contributed by atoms with van der Waals surface area (Å²) in [5, 5.41) is 0. The van der Waals surface area contributed by atoms with E-state index in [1.807, 2.05) is 0 Å². The fourth-order valence-electron chi connectivity index (χ4n) is 6.62. The molecule has 0 saturated heterocycles. The molecule has 0 radical (unpaired) electrons. The lowest BCUT2D eigenvalue weighted by Gasteiger charge is -2.30. The van der Waals surface area contributed by atoms with Gasteiger partial charge in [0.1, 0.15) is 0 Å². The highest BCUT2D eigenvalue weighted by Gasteiger charge is 2.25. The highest BCUT2D eigenvalue weighted by molar-refractivity contribution is 5.50. The molecule has 0 fully saturated rings. The minimum atomic E-state index is 0.462. The largest absolute Gasteiger partial charge is 0.0645 e. The van der Waals surface area contributed by atoms with Gasteiger partial charge in [0.25, 0.3) is 0 Å². The van der Waals surface area contributed by atoms with Gasteiger partial charge in [-0.15, -0.1) is 0 Å². The Labute approximate surface area is 244 Å². The van der Waals surface area contributed by atoms with Crippen LogP contribution in [0.25, 0.3) is 0 Å². The maximum Gasteiger partial charge on any atom is 0.00925 e. The molecular weight excluding hydrogens is 468 g/mol. The van der Waals surface area contributed by atoms with Crippen molar-refractivity contribution in [2.75, 3.05) is 0 Å². The summed E-state index contributed by atoms with van der Waals surface area (Å²) >= 11 is 0. The van der Waals surface area contributed by atoms with Crippen molar-refractivity contribution in [1.29, 1.82) is 0 Å². The summed E-state index contributed by atoms with van der Waals surface area (Å²) in [6.45, 7) is 31.1. The number of hydrogen-bond acceptors (Lipinski definition) is 0. The van der Waals surface area contributed by atoms with Gasteiger partial charge in [-0.05, 0) is 125 Å². The monoisotopic (exact) mass is 533 g/mol. The normalized spacial score (nSPS) is 12.5. The van der Waals surface area contributed by atoms with Crippen LogP contribution in [0.4, 0.5) is 0 Å². The van der Waals surface area contributed by atoms with Crippen LogP contribution in [0.5, 0.6) is 0 Å². The van der Waals surface area contributed by atoms with Crippen molar-refractivity contribution >= 4 is 0 Å². The Morgan fingerprint density at radius 1 is 0.410 bits per heavy atom. The molecule has 0 N–H and O–H groups in total. The van der Waals surface area contributed by atoms with Crippen molar-refractivity contribution in [3.05, 3.63) is 68.8 Å². The standard InChI is InChI=1S/C39H64/c1-14-35(38-23-31(15-25(2)3)21-33(17-27(6)7)36(38)19-29(10)11)39-24-32(16-26(4)5)22-34(18-28(8)9)37(39)20-30(12)13/h21-30,35H,14-20H2,1-13H3. The fraction of sp³-hybridized carbons (Fsp3) is 0.692. The Morgan fingerprint density at radius 3 is 0.974 bits per heavy atom. The number of benzene rings is 2. The Kier molecular flexibility index (Phi) is 13.3. The van der Waals surface area contributed by atoms with E-state index in [0.717, 1.165) is 6.42 Å². The van der Waals surface area contributed by atoms with Crippen LogP contribution < -0.4 is 0 Å². The molecule has 0 bridgehead atoms. The molecule has 0 aliphatic heterocycles. The van der Waals surface area contributed by atoms with Crippen molar-refractivity contribution < 1.29 is 0 Å². The Bertz CT molecular complexity index is 933. The molecular formula is C39H64. The van der Waals surface area contributed by atoms with E-state index in [-0.39, 0.29) is 0 Å². The predicted molar refractivity (Wildman–Crippen MR) is 176 cm³/mol. The third kappa shape index (κ3) is 10.4. The van der Waals surface area contributed by atoms with Crippen LogP contribution in [0.15, 0.2) is 24.3 Å². The summed E-state index contributed by atoms with van der Waals surface area (Å²) in [5.41, 5.74) is 12.9. The fourth-order valence-corrected chi connectivity index (χ4v) is 6.62. The zero-order valence-electron chi connectivity index (χ0n) is 28.3. The first-order valence-electron chi connectivity index (χ1n) is 16.5. The van der Waals surface area contributed by atoms with Crippen molar-refractivity contribution in [3.63, 3.8) is 0 Å². The molecule has 0 unspecified atom stereocenters. The lowest BCUT2D eigenvalue weighted by atomic mass is 9.75. The topological polar surface area (TPSA) is 0 Å². The van der Waals surface area contributed by atoms with Crippen LogP contribution in [0.2, 0.25) is 0 Å². The maximum atomic E-state index is 2.64. The van der Waals surface area contributed by atoms with Crippen LogP contribution in [-0.2, 0) is 38.5 Å². The van der Waals surface area contributed by atoms with Gasteiger partial charge in [-0.2, -0.15) is 0 Å². The lowest BCUT2D eigenvalue weighted by Crippen LogP contribution is -2.16. The second-order valence-electron chi connectivity index (χ2n) is 15.2. The Balaban J connectivity index is 2.95. The predicted octanol–water partition coefficient (Wildman–Crippen LogP) is 11.4. The van der Waals surface area contributed by atoms with Gasteiger partial charge in [0.15, 0.2) is 0 Å². The second-order valence-corrected chi connectivity index (χ2v) is 15.2. The Hall–Kier alpha value is -1.56. The SMILES string of the molecule is CCC(c1cc(CC(C)C)cc(CC(C)C)c1CC(C)C)c1cc(CC(C)C)cc(CC(C)C)c1CC(C)C. The van der Waals surface area contributed by atoms with Crippen LogP contribution in [0.3, 0.4) is 0 Å². The van der Waals surface area contributed by atoms with Gasteiger partial charge < -0.3 is 0 Å². The zero-order chi connectivity index (χ0) is 29.4. The van der Waals surface area contributed by atoms with Crippen LogP contribution in [0.1, 0.15) is 147 Å². The molecule has 0 saturated carbocycles. The first-order valence-corrected chi connectivity index (χ1v) is 16.5.